The van der Waals surface area contributed by atoms with E-state index in [1.54, 1.807) is 24.4 Å². The van der Waals surface area contributed by atoms with E-state index in [0.29, 0.717) is 5.56 Å². The number of nitrogens with one attached hydrogen (secondary N) is 2. The van der Waals surface area contributed by atoms with Crippen LogP contribution in [0.4, 0.5) is 11.4 Å². The molecule has 2 N–H and O–H groups in total. The second-order valence-electron chi connectivity index (χ2n) is 6.26. The second-order valence-corrected chi connectivity index (χ2v) is 6.26. The van der Waals surface area contributed by atoms with Crippen molar-refractivity contribution in [1.82, 2.24) is 9.97 Å². The first-order valence-electron chi connectivity index (χ1n) is 8.29. The van der Waals surface area contributed by atoms with Gasteiger partial charge in [0.15, 0.2) is 0 Å². The van der Waals surface area contributed by atoms with Crippen LogP contribution in [0.25, 0.3) is 22.2 Å². The molecule has 1 aliphatic heterocycles. The third kappa shape index (κ3) is 2.02. The summed E-state index contributed by atoms with van der Waals surface area (Å²) >= 11 is 0. The predicted molar refractivity (Wildman–Crippen MR) is 100 cm³/mol. The summed E-state index contributed by atoms with van der Waals surface area (Å²) in [6.07, 6.45) is 3.67. The second kappa shape index (κ2) is 5.42. The Morgan fingerprint density at radius 3 is 2.65 bits per heavy atom. The molecule has 5 rings (SSSR count). The maximum Gasteiger partial charge on any atom is 0.275 e. The van der Waals surface area contributed by atoms with Gasteiger partial charge in [-0.1, -0.05) is 30.3 Å². The van der Waals surface area contributed by atoms with Crippen LogP contribution < -0.4 is 5.32 Å². The van der Waals surface area contributed by atoms with Crippen LogP contribution in [0.5, 0.6) is 0 Å². The van der Waals surface area contributed by atoms with Gasteiger partial charge in [0.25, 0.3) is 5.69 Å². The number of aromatic amines is 1. The number of pyridine rings is 1. The van der Waals surface area contributed by atoms with Crippen LogP contribution >= 0.6 is 0 Å². The van der Waals surface area contributed by atoms with Crippen LogP contribution in [0.15, 0.2) is 67.0 Å². The van der Waals surface area contributed by atoms with Crippen molar-refractivity contribution in [3.8, 4) is 11.1 Å². The molecule has 6 nitrogen and oxygen atoms in total. The van der Waals surface area contributed by atoms with E-state index in [0.717, 1.165) is 33.4 Å². The van der Waals surface area contributed by atoms with E-state index in [-0.39, 0.29) is 16.7 Å². The van der Waals surface area contributed by atoms with Gasteiger partial charge in [-0.05, 0) is 23.8 Å². The summed E-state index contributed by atoms with van der Waals surface area (Å²) in [5, 5.41) is 16.1. The number of hydrogen-bond donors (Lipinski definition) is 2. The van der Waals surface area contributed by atoms with E-state index in [4.69, 9.17) is 0 Å². The number of hydrogen-bond acceptors (Lipinski definition) is 4. The topological polar surface area (TPSA) is 83.8 Å². The largest absolute Gasteiger partial charge is 0.373 e. The Morgan fingerprint density at radius 2 is 1.77 bits per heavy atom. The maximum absolute atomic E-state index is 11.6. The Morgan fingerprint density at radius 1 is 0.962 bits per heavy atom. The lowest BCUT2D eigenvalue weighted by Gasteiger charge is -2.19. The molecule has 0 amide bonds. The maximum atomic E-state index is 11.6. The smallest absolute Gasteiger partial charge is 0.275 e. The van der Waals surface area contributed by atoms with Gasteiger partial charge in [0.2, 0.25) is 0 Å². The number of rotatable bonds is 2. The van der Waals surface area contributed by atoms with Crippen LogP contribution in [0, 0.1) is 10.1 Å². The zero-order valence-corrected chi connectivity index (χ0v) is 13.6. The van der Waals surface area contributed by atoms with E-state index in [1.165, 1.54) is 0 Å². The van der Waals surface area contributed by atoms with Crippen molar-refractivity contribution >= 4 is 22.4 Å². The summed E-state index contributed by atoms with van der Waals surface area (Å²) in [5.74, 6) is 0. The van der Waals surface area contributed by atoms with Gasteiger partial charge in [-0.3, -0.25) is 10.1 Å². The highest BCUT2D eigenvalue weighted by Crippen LogP contribution is 2.44. The molecular formula is C20H14N4O2. The van der Waals surface area contributed by atoms with Gasteiger partial charge in [0.1, 0.15) is 5.65 Å². The fourth-order valence-electron chi connectivity index (χ4n) is 3.75. The molecule has 1 atom stereocenters. The lowest BCUT2D eigenvalue weighted by molar-refractivity contribution is -0.385. The zero-order chi connectivity index (χ0) is 17.7. The minimum Gasteiger partial charge on any atom is -0.373 e. The summed E-state index contributed by atoms with van der Waals surface area (Å²) in [7, 11) is 0. The Bertz CT molecular complexity index is 1170. The Labute approximate surface area is 148 Å². The van der Waals surface area contributed by atoms with Gasteiger partial charge in [0, 0.05) is 40.7 Å². The number of H-pyrrole nitrogens is 1. The fraction of sp³-hybridized carbons (Fsp3) is 0.0500. The number of aromatic nitrogens is 2. The van der Waals surface area contributed by atoms with Gasteiger partial charge >= 0.3 is 0 Å². The van der Waals surface area contributed by atoms with E-state index in [2.05, 4.69) is 21.4 Å². The van der Waals surface area contributed by atoms with Crippen LogP contribution in [0.2, 0.25) is 0 Å². The van der Waals surface area contributed by atoms with Gasteiger partial charge < -0.3 is 10.3 Å². The molecule has 0 saturated heterocycles. The van der Waals surface area contributed by atoms with Crippen LogP contribution in [-0.4, -0.2) is 14.9 Å². The monoisotopic (exact) mass is 342 g/mol. The third-order valence-electron chi connectivity index (χ3n) is 4.88. The van der Waals surface area contributed by atoms with E-state index in [9.17, 15) is 10.1 Å². The highest BCUT2D eigenvalue weighted by Gasteiger charge is 2.29. The number of para-hydroxylation sites is 2. The van der Waals surface area contributed by atoms with Crippen LogP contribution in [0.3, 0.4) is 0 Å². The molecule has 0 fully saturated rings. The summed E-state index contributed by atoms with van der Waals surface area (Å²) in [5.41, 5.74) is 5.53. The molecule has 0 spiro atoms. The molecule has 2 aromatic carbocycles. The summed E-state index contributed by atoms with van der Waals surface area (Å²) < 4.78 is 0. The van der Waals surface area contributed by atoms with Crippen molar-refractivity contribution in [2.45, 2.75) is 6.04 Å². The third-order valence-corrected chi connectivity index (χ3v) is 4.88. The first kappa shape index (κ1) is 14.7. The Kier molecular flexibility index (Phi) is 3.05. The molecule has 0 radical (unpaired) electrons. The van der Waals surface area contributed by atoms with Crippen molar-refractivity contribution in [2.75, 3.05) is 5.32 Å². The molecule has 0 bridgehead atoms. The molecule has 2 aromatic heterocycles. The average Bonchev–Trinajstić information content (AvgIpc) is 3.04. The van der Waals surface area contributed by atoms with Gasteiger partial charge in [-0.2, -0.15) is 0 Å². The molecule has 1 aliphatic rings. The lowest BCUT2D eigenvalue weighted by Crippen LogP contribution is -2.13. The van der Waals surface area contributed by atoms with Crippen LogP contribution in [-0.2, 0) is 0 Å². The molecule has 1 unspecified atom stereocenters. The molecule has 0 saturated carbocycles. The summed E-state index contributed by atoms with van der Waals surface area (Å²) in [6, 6.07) is 16.5. The minimum atomic E-state index is -0.350. The molecule has 3 heterocycles. The summed E-state index contributed by atoms with van der Waals surface area (Å²) in [6.45, 7) is 0. The molecule has 126 valence electrons. The van der Waals surface area contributed by atoms with Gasteiger partial charge in [0.05, 0.1) is 16.5 Å². The van der Waals surface area contributed by atoms with Crippen LogP contribution in [0.1, 0.15) is 17.2 Å². The van der Waals surface area contributed by atoms with E-state index in [1.807, 2.05) is 36.5 Å². The first-order chi connectivity index (χ1) is 12.7. The van der Waals surface area contributed by atoms with Crippen molar-refractivity contribution < 1.29 is 4.92 Å². The first-order valence-corrected chi connectivity index (χ1v) is 8.29. The molecule has 4 aromatic rings. The lowest BCUT2D eigenvalue weighted by atomic mass is 9.96. The van der Waals surface area contributed by atoms with Crippen molar-refractivity contribution in [1.29, 1.82) is 0 Å². The Hall–Kier alpha value is -3.67. The number of nitro groups is 1. The zero-order valence-electron chi connectivity index (χ0n) is 13.6. The van der Waals surface area contributed by atoms with Gasteiger partial charge in [-0.15, -0.1) is 0 Å². The van der Waals surface area contributed by atoms with Crippen molar-refractivity contribution in [3.05, 3.63) is 88.2 Å². The normalized spacial score (nSPS) is 15.2. The van der Waals surface area contributed by atoms with E-state index < -0.39 is 0 Å². The number of nitrogens with zero attached hydrogens (tertiary/aromatic N) is 2. The highest BCUT2D eigenvalue weighted by atomic mass is 16.6. The number of benzene rings is 2. The Balaban J connectivity index is 1.85. The number of fused-ring (bicyclic) bond motifs is 2. The molecule has 6 heteroatoms. The number of nitro benzene ring substituents is 1. The predicted octanol–water partition coefficient (Wildman–Crippen LogP) is 4.65. The molecule has 26 heavy (non-hydrogen) atoms. The molecular weight excluding hydrogens is 328 g/mol. The average molecular weight is 342 g/mol. The quantitative estimate of drug-likeness (QED) is 0.410. The van der Waals surface area contributed by atoms with Crippen molar-refractivity contribution in [2.24, 2.45) is 0 Å². The fourth-order valence-corrected chi connectivity index (χ4v) is 3.75. The highest BCUT2D eigenvalue weighted by molar-refractivity contribution is 6.01. The SMILES string of the molecule is O=[N+]([O-])c1ccccc1C1Nc2ccccc2-c2ccnc3[nH]cc1c23. The summed E-state index contributed by atoms with van der Waals surface area (Å²) in [4.78, 5) is 18.9. The number of anilines is 1. The van der Waals surface area contributed by atoms with E-state index >= 15 is 0 Å². The van der Waals surface area contributed by atoms with Gasteiger partial charge in [-0.25, -0.2) is 4.98 Å². The standard InChI is InChI=1S/C20H14N4O2/c25-24(26)17-8-4-2-6-14(17)19-15-11-22-20-18(15)13(9-10-21-20)12-5-1-3-7-16(12)23-19/h1-11,19,23H,(H,21,22). The minimum absolute atomic E-state index is 0.101. The molecule has 0 aliphatic carbocycles. The van der Waals surface area contributed by atoms with Crippen molar-refractivity contribution in [3.63, 3.8) is 0 Å².